The molecule has 0 fully saturated rings. The number of carbonyl (C=O) groups is 1. The van der Waals surface area contributed by atoms with Crippen LogP contribution in [0, 0.1) is 5.92 Å². The highest BCUT2D eigenvalue weighted by molar-refractivity contribution is 7.90. The summed E-state index contributed by atoms with van der Waals surface area (Å²) in [5.74, 6) is -0.123. The molecule has 1 atom stereocenters. The van der Waals surface area contributed by atoms with Crippen molar-refractivity contribution >= 4 is 21.7 Å². The highest BCUT2D eigenvalue weighted by atomic mass is 32.2. The number of urea groups is 1. The van der Waals surface area contributed by atoms with E-state index in [-0.39, 0.29) is 11.7 Å². The van der Waals surface area contributed by atoms with Gasteiger partial charge in [0.15, 0.2) is 0 Å². The molecule has 1 aromatic rings. The maximum atomic E-state index is 12.6. The second-order valence-corrected chi connectivity index (χ2v) is 10.6. The molecule has 1 aromatic carbocycles. The largest absolute Gasteiger partial charge is 0.332 e. The summed E-state index contributed by atoms with van der Waals surface area (Å²) in [5.41, 5.74) is 5.88. The lowest BCUT2D eigenvalue weighted by molar-refractivity contribution is 0.209. The number of amides is 2. The Morgan fingerprint density at radius 1 is 1.07 bits per heavy atom. The molecular formula is C22H35N3O3S. The summed E-state index contributed by atoms with van der Waals surface area (Å²) in [7, 11) is -3.70. The first-order valence-electron chi connectivity index (χ1n) is 10.9. The van der Waals surface area contributed by atoms with Crippen molar-refractivity contribution in [3.8, 4) is 0 Å². The molecule has 7 heteroatoms. The molecule has 1 unspecified atom stereocenters. The molecule has 2 amide bonds. The van der Waals surface area contributed by atoms with Crippen molar-refractivity contribution in [3.63, 3.8) is 0 Å². The number of sulfonamides is 1. The summed E-state index contributed by atoms with van der Waals surface area (Å²) in [6, 6.07) is 2.02. The summed E-state index contributed by atoms with van der Waals surface area (Å²) in [5, 5.41) is 2.90. The molecule has 0 bridgehead atoms. The van der Waals surface area contributed by atoms with Crippen LogP contribution in [-0.2, 0) is 35.7 Å². The molecule has 3 rings (SSSR count). The SMILES string of the molecule is CCN(CC(C)CS(=O)(=O)NC(=O)Nc1c2c(cc3c1CCC3)CCC2)C(C)C. The highest BCUT2D eigenvalue weighted by Crippen LogP contribution is 2.38. The van der Waals surface area contributed by atoms with Crippen LogP contribution in [0.2, 0.25) is 0 Å². The van der Waals surface area contributed by atoms with Crippen LogP contribution in [-0.4, -0.2) is 44.2 Å². The minimum atomic E-state index is -3.70. The van der Waals surface area contributed by atoms with E-state index in [0.717, 1.165) is 50.8 Å². The average molecular weight is 422 g/mol. The van der Waals surface area contributed by atoms with Gasteiger partial charge in [-0.1, -0.05) is 19.9 Å². The fourth-order valence-electron chi connectivity index (χ4n) is 4.82. The molecule has 2 N–H and O–H groups in total. The number of hydrogen-bond donors (Lipinski definition) is 2. The Kier molecular flexibility index (Phi) is 6.89. The molecular weight excluding hydrogens is 386 g/mol. The minimum Gasteiger partial charge on any atom is -0.307 e. The first-order valence-corrected chi connectivity index (χ1v) is 12.6. The first-order chi connectivity index (χ1) is 13.7. The summed E-state index contributed by atoms with van der Waals surface area (Å²) in [6.07, 6.45) is 6.16. The average Bonchev–Trinajstić information content (AvgIpc) is 3.27. The van der Waals surface area contributed by atoms with E-state index in [9.17, 15) is 13.2 Å². The molecule has 0 radical (unpaired) electrons. The number of carbonyl (C=O) groups excluding carboxylic acids is 1. The van der Waals surface area contributed by atoms with Crippen molar-refractivity contribution in [3.05, 3.63) is 28.3 Å². The molecule has 162 valence electrons. The molecule has 29 heavy (non-hydrogen) atoms. The molecule has 0 aliphatic heterocycles. The summed E-state index contributed by atoms with van der Waals surface area (Å²) < 4.78 is 27.4. The van der Waals surface area contributed by atoms with Gasteiger partial charge >= 0.3 is 6.03 Å². The van der Waals surface area contributed by atoms with Gasteiger partial charge in [0.2, 0.25) is 10.0 Å². The number of nitrogens with zero attached hydrogens (tertiary/aromatic N) is 1. The van der Waals surface area contributed by atoms with Gasteiger partial charge < -0.3 is 10.2 Å². The van der Waals surface area contributed by atoms with Gasteiger partial charge in [0, 0.05) is 18.3 Å². The lowest BCUT2D eigenvalue weighted by Gasteiger charge is -2.27. The molecule has 0 heterocycles. The van der Waals surface area contributed by atoms with Crippen molar-refractivity contribution in [1.82, 2.24) is 9.62 Å². The van der Waals surface area contributed by atoms with Gasteiger partial charge in [0.05, 0.1) is 5.75 Å². The normalized spacial score (nSPS) is 16.8. The van der Waals surface area contributed by atoms with Crippen LogP contribution in [0.15, 0.2) is 6.07 Å². The smallest absolute Gasteiger partial charge is 0.307 e. The van der Waals surface area contributed by atoms with Crippen LogP contribution >= 0.6 is 0 Å². The summed E-state index contributed by atoms with van der Waals surface area (Å²) in [4.78, 5) is 14.8. The van der Waals surface area contributed by atoms with Crippen LogP contribution in [0.5, 0.6) is 0 Å². The van der Waals surface area contributed by atoms with E-state index in [2.05, 4.69) is 41.8 Å². The lowest BCUT2D eigenvalue weighted by Crippen LogP contribution is -2.41. The molecule has 0 saturated carbocycles. The van der Waals surface area contributed by atoms with E-state index in [1.807, 2.05) is 6.92 Å². The molecule has 2 aliphatic carbocycles. The number of rotatable bonds is 8. The van der Waals surface area contributed by atoms with Crippen molar-refractivity contribution in [2.45, 2.75) is 72.3 Å². The third-order valence-corrected chi connectivity index (χ3v) is 7.65. The van der Waals surface area contributed by atoms with Crippen molar-refractivity contribution in [2.24, 2.45) is 5.92 Å². The standard InChI is InChI=1S/C22H35N3O3S/c1-5-25(15(2)3)13-16(4)14-29(27,28)24-22(26)23-21-19-10-6-8-17(19)12-18-9-7-11-20(18)21/h12,15-16H,5-11,13-14H2,1-4H3,(H2,23,24,26). The predicted octanol–water partition coefficient (Wildman–Crippen LogP) is 3.48. The van der Waals surface area contributed by atoms with E-state index in [0.29, 0.717) is 12.6 Å². The summed E-state index contributed by atoms with van der Waals surface area (Å²) in [6.45, 7) is 9.76. The van der Waals surface area contributed by atoms with E-state index in [4.69, 9.17) is 0 Å². The number of hydrogen-bond acceptors (Lipinski definition) is 4. The third-order valence-electron chi connectivity index (χ3n) is 6.15. The van der Waals surface area contributed by atoms with Crippen LogP contribution < -0.4 is 10.0 Å². The van der Waals surface area contributed by atoms with Gasteiger partial charge in [-0.25, -0.2) is 17.9 Å². The van der Waals surface area contributed by atoms with E-state index in [1.54, 1.807) is 0 Å². The topological polar surface area (TPSA) is 78.5 Å². The zero-order valence-electron chi connectivity index (χ0n) is 18.2. The lowest BCUT2D eigenvalue weighted by atomic mass is 9.99. The molecule has 0 saturated heterocycles. The van der Waals surface area contributed by atoms with Crippen LogP contribution in [0.3, 0.4) is 0 Å². The quantitative estimate of drug-likeness (QED) is 0.674. The molecule has 0 spiro atoms. The predicted molar refractivity (Wildman–Crippen MR) is 118 cm³/mol. The van der Waals surface area contributed by atoms with E-state index in [1.165, 1.54) is 22.3 Å². The second-order valence-electron chi connectivity index (χ2n) is 8.86. The Bertz CT molecular complexity index is 832. The second kappa shape index (κ2) is 9.04. The van der Waals surface area contributed by atoms with Crippen LogP contribution in [0.25, 0.3) is 0 Å². The molecule has 2 aliphatic rings. The molecule has 6 nitrogen and oxygen atoms in total. The zero-order chi connectivity index (χ0) is 21.2. The van der Waals surface area contributed by atoms with E-state index < -0.39 is 16.1 Å². The third kappa shape index (κ3) is 5.31. The highest BCUT2D eigenvalue weighted by Gasteiger charge is 2.26. The van der Waals surface area contributed by atoms with Gasteiger partial charge in [-0.3, -0.25) is 0 Å². The van der Waals surface area contributed by atoms with Crippen molar-refractivity contribution in [1.29, 1.82) is 0 Å². The fraction of sp³-hybridized carbons (Fsp3) is 0.682. The number of nitrogens with one attached hydrogen (secondary N) is 2. The maximum Gasteiger partial charge on any atom is 0.332 e. The summed E-state index contributed by atoms with van der Waals surface area (Å²) >= 11 is 0. The number of fused-ring (bicyclic) bond motifs is 2. The Morgan fingerprint density at radius 2 is 1.66 bits per heavy atom. The van der Waals surface area contributed by atoms with Crippen LogP contribution in [0.4, 0.5) is 10.5 Å². The van der Waals surface area contributed by atoms with Crippen LogP contribution in [0.1, 0.15) is 62.8 Å². The number of aryl methyl sites for hydroxylation is 2. The Hall–Kier alpha value is -1.60. The van der Waals surface area contributed by atoms with Crippen molar-refractivity contribution in [2.75, 3.05) is 24.2 Å². The molecule has 0 aromatic heterocycles. The Labute approximate surface area is 175 Å². The minimum absolute atomic E-state index is 0.0609. The monoisotopic (exact) mass is 421 g/mol. The maximum absolute atomic E-state index is 12.6. The zero-order valence-corrected chi connectivity index (χ0v) is 19.0. The van der Waals surface area contributed by atoms with Gasteiger partial charge in [-0.2, -0.15) is 0 Å². The van der Waals surface area contributed by atoms with Gasteiger partial charge in [0.25, 0.3) is 0 Å². The van der Waals surface area contributed by atoms with Gasteiger partial charge in [-0.15, -0.1) is 0 Å². The van der Waals surface area contributed by atoms with Gasteiger partial charge in [-0.05, 0) is 87.1 Å². The Morgan fingerprint density at radius 3 is 2.17 bits per heavy atom. The van der Waals surface area contributed by atoms with Crippen molar-refractivity contribution < 1.29 is 13.2 Å². The van der Waals surface area contributed by atoms with Gasteiger partial charge in [0.1, 0.15) is 0 Å². The van der Waals surface area contributed by atoms with E-state index >= 15 is 0 Å². The first kappa shape index (κ1) is 22.1. The fourth-order valence-corrected chi connectivity index (χ4v) is 6.09. The Balaban J connectivity index is 1.65. The number of anilines is 1. The number of benzene rings is 1.